The van der Waals surface area contributed by atoms with Crippen molar-refractivity contribution in [3.05, 3.63) is 29.8 Å². The van der Waals surface area contributed by atoms with Crippen LogP contribution in [-0.4, -0.2) is 28.5 Å². The Kier molecular flexibility index (Phi) is 5.41. The first-order chi connectivity index (χ1) is 9.60. The molecule has 1 heterocycles. The van der Waals surface area contributed by atoms with Crippen molar-refractivity contribution >= 4 is 11.9 Å². The van der Waals surface area contributed by atoms with Gasteiger partial charge in [0.25, 0.3) is 5.91 Å². The summed E-state index contributed by atoms with van der Waals surface area (Å²) in [6, 6.07) is 0.259. The molecule has 0 fully saturated rings. The van der Waals surface area contributed by atoms with E-state index in [-0.39, 0.29) is 11.5 Å². The molecule has 0 aliphatic rings. The SMILES string of the molecule is CC(C)[C@H](NC(=O)c1cncc(F)c1)C(=O)OC(C)(C)C. The number of esters is 1. The highest BCUT2D eigenvalue weighted by atomic mass is 19.1. The van der Waals surface area contributed by atoms with Crippen molar-refractivity contribution in [2.24, 2.45) is 5.92 Å². The Labute approximate surface area is 123 Å². The molecular formula is C15H21FN2O3. The van der Waals surface area contributed by atoms with Gasteiger partial charge in [-0.2, -0.15) is 0 Å². The summed E-state index contributed by atoms with van der Waals surface area (Å²) in [7, 11) is 0. The molecule has 6 heteroatoms. The van der Waals surface area contributed by atoms with Crippen LogP contribution in [0.4, 0.5) is 4.39 Å². The number of rotatable bonds is 4. The van der Waals surface area contributed by atoms with E-state index in [0.717, 1.165) is 12.3 Å². The number of aromatic nitrogens is 1. The smallest absolute Gasteiger partial charge is 0.329 e. The summed E-state index contributed by atoms with van der Waals surface area (Å²) in [6.07, 6.45) is 2.25. The van der Waals surface area contributed by atoms with Crippen molar-refractivity contribution in [2.45, 2.75) is 46.3 Å². The third-order valence-electron chi connectivity index (χ3n) is 2.58. The predicted octanol–water partition coefficient (Wildman–Crippen LogP) is 2.32. The summed E-state index contributed by atoms with van der Waals surface area (Å²) in [6.45, 7) is 8.83. The molecule has 0 radical (unpaired) electrons. The summed E-state index contributed by atoms with van der Waals surface area (Å²) in [5, 5.41) is 2.56. The average molecular weight is 296 g/mol. The lowest BCUT2D eigenvalue weighted by atomic mass is 10.0. The number of nitrogens with one attached hydrogen (secondary N) is 1. The first kappa shape index (κ1) is 17.1. The zero-order valence-corrected chi connectivity index (χ0v) is 12.9. The molecule has 0 saturated carbocycles. The van der Waals surface area contributed by atoms with Crippen molar-refractivity contribution in [2.75, 3.05) is 0 Å². The third kappa shape index (κ3) is 5.49. The van der Waals surface area contributed by atoms with Gasteiger partial charge in [0.15, 0.2) is 0 Å². The summed E-state index contributed by atoms with van der Waals surface area (Å²) in [5.74, 6) is -1.85. The maximum Gasteiger partial charge on any atom is 0.329 e. The molecular weight excluding hydrogens is 275 g/mol. The minimum Gasteiger partial charge on any atom is -0.458 e. The van der Waals surface area contributed by atoms with Crippen LogP contribution in [0, 0.1) is 11.7 Å². The third-order valence-corrected chi connectivity index (χ3v) is 2.58. The average Bonchev–Trinajstić information content (AvgIpc) is 2.32. The zero-order chi connectivity index (χ0) is 16.2. The van der Waals surface area contributed by atoms with E-state index in [1.54, 1.807) is 34.6 Å². The Hall–Kier alpha value is -1.98. The molecule has 21 heavy (non-hydrogen) atoms. The van der Waals surface area contributed by atoms with Crippen LogP contribution >= 0.6 is 0 Å². The normalized spacial score (nSPS) is 12.9. The van der Waals surface area contributed by atoms with Gasteiger partial charge < -0.3 is 10.1 Å². The molecule has 1 atom stereocenters. The fraction of sp³-hybridized carbons (Fsp3) is 0.533. The predicted molar refractivity (Wildman–Crippen MR) is 76.1 cm³/mol. The van der Waals surface area contributed by atoms with Crippen LogP contribution in [0.1, 0.15) is 45.0 Å². The highest BCUT2D eigenvalue weighted by molar-refractivity contribution is 5.96. The molecule has 0 saturated heterocycles. The van der Waals surface area contributed by atoms with Crippen molar-refractivity contribution < 1.29 is 18.7 Å². The number of nitrogens with zero attached hydrogens (tertiary/aromatic N) is 1. The van der Waals surface area contributed by atoms with E-state index in [4.69, 9.17) is 4.74 Å². The molecule has 1 amide bonds. The van der Waals surface area contributed by atoms with E-state index in [9.17, 15) is 14.0 Å². The molecule has 116 valence electrons. The number of hydrogen-bond donors (Lipinski definition) is 1. The van der Waals surface area contributed by atoms with Crippen LogP contribution in [0.3, 0.4) is 0 Å². The van der Waals surface area contributed by atoms with Gasteiger partial charge in [0.1, 0.15) is 17.5 Å². The van der Waals surface area contributed by atoms with Gasteiger partial charge in [-0.1, -0.05) is 13.8 Å². The number of ether oxygens (including phenoxy) is 1. The molecule has 0 aliphatic heterocycles. The van der Waals surface area contributed by atoms with Crippen LogP contribution < -0.4 is 5.32 Å². The van der Waals surface area contributed by atoms with E-state index in [1.165, 1.54) is 6.20 Å². The number of hydrogen-bond acceptors (Lipinski definition) is 4. The Morgan fingerprint density at radius 2 is 1.90 bits per heavy atom. The van der Waals surface area contributed by atoms with Gasteiger partial charge in [0, 0.05) is 6.20 Å². The Morgan fingerprint density at radius 3 is 2.38 bits per heavy atom. The Bertz CT molecular complexity index is 524. The quantitative estimate of drug-likeness (QED) is 0.866. The first-order valence-electron chi connectivity index (χ1n) is 6.74. The summed E-state index contributed by atoms with van der Waals surface area (Å²) in [5.41, 5.74) is -0.584. The lowest BCUT2D eigenvalue weighted by Crippen LogP contribution is -2.47. The number of pyridine rings is 1. The second-order valence-electron chi connectivity index (χ2n) is 6.12. The van der Waals surface area contributed by atoms with E-state index in [1.807, 2.05) is 0 Å². The molecule has 0 unspecified atom stereocenters. The number of amides is 1. The van der Waals surface area contributed by atoms with Crippen LogP contribution in [0.25, 0.3) is 0 Å². The Balaban J connectivity index is 2.84. The van der Waals surface area contributed by atoms with Gasteiger partial charge in [-0.15, -0.1) is 0 Å². The van der Waals surface area contributed by atoms with Gasteiger partial charge in [-0.25, -0.2) is 9.18 Å². The van der Waals surface area contributed by atoms with E-state index >= 15 is 0 Å². The van der Waals surface area contributed by atoms with E-state index in [2.05, 4.69) is 10.3 Å². The van der Waals surface area contributed by atoms with Gasteiger partial charge >= 0.3 is 5.97 Å². The molecule has 0 aliphatic carbocycles. The molecule has 1 rings (SSSR count). The highest BCUT2D eigenvalue weighted by Gasteiger charge is 2.29. The minimum atomic E-state index is -0.806. The monoisotopic (exact) mass is 296 g/mol. The second kappa shape index (κ2) is 6.65. The lowest BCUT2D eigenvalue weighted by molar-refractivity contribution is -0.158. The first-order valence-corrected chi connectivity index (χ1v) is 6.74. The van der Waals surface area contributed by atoms with Gasteiger partial charge in [-0.3, -0.25) is 9.78 Å². The number of halogens is 1. The highest BCUT2D eigenvalue weighted by Crippen LogP contribution is 2.13. The van der Waals surface area contributed by atoms with Crippen molar-refractivity contribution in [3.8, 4) is 0 Å². The fourth-order valence-corrected chi connectivity index (χ4v) is 1.62. The van der Waals surface area contributed by atoms with Crippen molar-refractivity contribution in [3.63, 3.8) is 0 Å². The zero-order valence-electron chi connectivity index (χ0n) is 12.9. The van der Waals surface area contributed by atoms with Crippen LogP contribution in [0.2, 0.25) is 0 Å². The Morgan fingerprint density at radius 1 is 1.29 bits per heavy atom. The summed E-state index contributed by atoms with van der Waals surface area (Å²) >= 11 is 0. The summed E-state index contributed by atoms with van der Waals surface area (Å²) < 4.78 is 18.3. The van der Waals surface area contributed by atoms with Crippen molar-refractivity contribution in [1.82, 2.24) is 10.3 Å². The largest absolute Gasteiger partial charge is 0.458 e. The molecule has 0 spiro atoms. The van der Waals surface area contributed by atoms with Crippen molar-refractivity contribution in [1.29, 1.82) is 0 Å². The fourth-order valence-electron chi connectivity index (χ4n) is 1.62. The second-order valence-corrected chi connectivity index (χ2v) is 6.12. The number of carbonyl (C=O) groups excluding carboxylic acids is 2. The summed E-state index contributed by atoms with van der Waals surface area (Å²) in [4.78, 5) is 27.8. The van der Waals surface area contributed by atoms with E-state index in [0.29, 0.717) is 0 Å². The molecule has 1 N–H and O–H groups in total. The molecule has 1 aromatic heterocycles. The lowest BCUT2D eigenvalue weighted by Gasteiger charge is -2.26. The van der Waals surface area contributed by atoms with Crippen LogP contribution in [-0.2, 0) is 9.53 Å². The van der Waals surface area contributed by atoms with Gasteiger partial charge in [0.2, 0.25) is 0 Å². The van der Waals surface area contributed by atoms with Gasteiger partial charge in [-0.05, 0) is 32.8 Å². The molecule has 5 nitrogen and oxygen atoms in total. The molecule has 0 bridgehead atoms. The van der Waals surface area contributed by atoms with Crippen LogP contribution in [0.5, 0.6) is 0 Å². The molecule has 0 aromatic carbocycles. The number of carbonyl (C=O) groups is 2. The minimum absolute atomic E-state index is 0.0595. The van der Waals surface area contributed by atoms with E-state index < -0.39 is 29.3 Å². The maximum atomic E-state index is 13.1. The maximum absolute atomic E-state index is 13.1. The molecule has 1 aromatic rings. The van der Waals surface area contributed by atoms with Gasteiger partial charge in [0.05, 0.1) is 11.8 Å². The standard InChI is InChI=1S/C15H21FN2O3/c1-9(2)12(14(20)21-15(3,4)5)18-13(19)10-6-11(16)8-17-7-10/h6-9,12H,1-5H3,(H,18,19)/t12-/m0/s1. The topological polar surface area (TPSA) is 68.3 Å². The van der Waals surface area contributed by atoms with Crippen LogP contribution in [0.15, 0.2) is 18.5 Å².